The van der Waals surface area contributed by atoms with Gasteiger partial charge < -0.3 is 10.0 Å². The Bertz CT molecular complexity index is 541. The normalized spacial score (nSPS) is 16.9. The highest BCUT2D eigenvalue weighted by Gasteiger charge is 2.42. The number of nitro groups is 1. The molecule has 0 aliphatic carbocycles. The summed E-state index contributed by atoms with van der Waals surface area (Å²) in [6.07, 6.45) is 0.586. The number of halogens is 1. The molecule has 0 unspecified atom stereocenters. The van der Waals surface area contributed by atoms with Crippen LogP contribution in [-0.2, 0) is 0 Å². The minimum atomic E-state index is -0.804. The molecule has 1 aromatic carbocycles. The largest absolute Gasteiger partial charge is 0.386 e. The Hall–Kier alpha value is -1.22. The summed E-state index contributed by atoms with van der Waals surface area (Å²) in [6, 6.07) is 4.21. The fourth-order valence-corrected chi connectivity index (χ4v) is 2.56. The minimum absolute atomic E-state index is 0.102. The molecular weight excluding hydrogens is 363 g/mol. The molecule has 19 heavy (non-hydrogen) atoms. The van der Waals surface area contributed by atoms with E-state index >= 15 is 0 Å². The Morgan fingerprint density at radius 2 is 2.21 bits per heavy atom. The van der Waals surface area contributed by atoms with Crippen LogP contribution in [0, 0.1) is 13.7 Å². The molecule has 7 heteroatoms. The number of nitrogens with zero attached hydrogens (tertiary/aromatic N) is 2. The number of non-ortho nitro benzene ring substituents is 1. The molecule has 6 nitrogen and oxygen atoms in total. The first-order chi connectivity index (χ1) is 8.86. The number of benzene rings is 1. The predicted molar refractivity (Wildman–Crippen MR) is 77.0 cm³/mol. The van der Waals surface area contributed by atoms with Gasteiger partial charge in [-0.2, -0.15) is 0 Å². The lowest BCUT2D eigenvalue weighted by Gasteiger charge is -2.46. The molecule has 1 fully saturated rings. The maximum Gasteiger partial charge on any atom is 0.270 e. The number of likely N-dealkylation sites (tertiary alicyclic amines) is 1. The number of hydrogen-bond donors (Lipinski definition) is 1. The van der Waals surface area contributed by atoms with Crippen molar-refractivity contribution in [2.75, 3.05) is 13.1 Å². The van der Waals surface area contributed by atoms with E-state index in [-0.39, 0.29) is 24.7 Å². The van der Waals surface area contributed by atoms with Crippen molar-refractivity contribution in [3.05, 3.63) is 37.4 Å². The van der Waals surface area contributed by atoms with Gasteiger partial charge in [0.05, 0.1) is 29.2 Å². The van der Waals surface area contributed by atoms with Crippen LogP contribution in [0.5, 0.6) is 0 Å². The van der Waals surface area contributed by atoms with E-state index in [0.717, 1.165) is 0 Å². The first kappa shape index (κ1) is 14.2. The summed E-state index contributed by atoms with van der Waals surface area (Å²) in [5, 5.41) is 20.6. The second kappa shape index (κ2) is 5.04. The van der Waals surface area contributed by atoms with Gasteiger partial charge in [-0.05, 0) is 35.1 Å². The van der Waals surface area contributed by atoms with Crippen LogP contribution in [0.2, 0.25) is 0 Å². The second-order valence-electron chi connectivity index (χ2n) is 4.66. The van der Waals surface area contributed by atoms with Gasteiger partial charge in [-0.15, -0.1) is 0 Å². The van der Waals surface area contributed by atoms with Crippen LogP contribution in [0.1, 0.15) is 23.7 Å². The van der Waals surface area contributed by atoms with Crippen LogP contribution in [0.25, 0.3) is 0 Å². The lowest BCUT2D eigenvalue weighted by molar-refractivity contribution is -0.384. The first-order valence-electron chi connectivity index (χ1n) is 5.82. The van der Waals surface area contributed by atoms with E-state index in [2.05, 4.69) is 0 Å². The lowest BCUT2D eigenvalue weighted by Crippen LogP contribution is -2.63. The third-order valence-electron chi connectivity index (χ3n) is 3.31. The predicted octanol–water partition coefficient (Wildman–Crippen LogP) is 1.80. The molecule has 0 aromatic heterocycles. The fourth-order valence-electron chi connectivity index (χ4n) is 1.99. The van der Waals surface area contributed by atoms with E-state index in [4.69, 9.17) is 0 Å². The number of rotatable bonds is 3. The van der Waals surface area contributed by atoms with E-state index in [1.54, 1.807) is 6.07 Å². The summed E-state index contributed by atoms with van der Waals surface area (Å²) in [5.41, 5.74) is -0.593. The summed E-state index contributed by atoms with van der Waals surface area (Å²) in [4.78, 5) is 23.9. The smallest absolute Gasteiger partial charge is 0.270 e. The highest BCUT2D eigenvalue weighted by molar-refractivity contribution is 14.1. The van der Waals surface area contributed by atoms with Crippen LogP contribution >= 0.6 is 22.6 Å². The number of amides is 1. The Balaban J connectivity index is 2.21. The molecule has 1 aliphatic rings. The number of carbonyl (C=O) groups excluding carboxylic acids is 1. The van der Waals surface area contributed by atoms with Gasteiger partial charge in [0.25, 0.3) is 11.6 Å². The molecule has 0 spiro atoms. The third kappa shape index (κ3) is 2.71. The zero-order valence-corrected chi connectivity index (χ0v) is 12.5. The van der Waals surface area contributed by atoms with Gasteiger partial charge in [0.15, 0.2) is 0 Å². The zero-order chi connectivity index (χ0) is 14.2. The number of hydrogen-bond acceptors (Lipinski definition) is 4. The monoisotopic (exact) mass is 376 g/mol. The second-order valence-corrected chi connectivity index (χ2v) is 5.82. The number of carbonyl (C=O) groups is 1. The van der Waals surface area contributed by atoms with Crippen LogP contribution in [-0.4, -0.2) is 39.5 Å². The Morgan fingerprint density at radius 3 is 2.74 bits per heavy atom. The molecule has 0 atom stereocenters. The van der Waals surface area contributed by atoms with Crippen molar-refractivity contribution in [3.63, 3.8) is 0 Å². The van der Waals surface area contributed by atoms with Crippen molar-refractivity contribution in [1.82, 2.24) is 4.90 Å². The van der Waals surface area contributed by atoms with Crippen LogP contribution < -0.4 is 0 Å². The number of nitro benzene ring substituents is 1. The van der Waals surface area contributed by atoms with Gasteiger partial charge in [-0.1, -0.05) is 6.92 Å². The lowest BCUT2D eigenvalue weighted by atomic mass is 9.90. The number of aliphatic hydroxyl groups is 1. The summed E-state index contributed by atoms with van der Waals surface area (Å²) < 4.78 is 0.667. The van der Waals surface area contributed by atoms with E-state index in [1.807, 2.05) is 29.5 Å². The molecule has 1 saturated heterocycles. The van der Waals surface area contributed by atoms with Crippen LogP contribution in [0.4, 0.5) is 5.69 Å². The molecule has 2 rings (SSSR count). The van der Waals surface area contributed by atoms with E-state index in [1.165, 1.54) is 17.0 Å². The van der Waals surface area contributed by atoms with Crippen molar-refractivity contribution in [1.29, 1.82) is 0 Å². The molecule has 1 aromatic rings. The topological polar surface area (TPSA) is 83.7 Å². The van der Waals surface area contributed by atoms with Crippen molar-refractivity contribution in [2.45, 2.75) is 18.9 Å². The van der Waals surface area contributed by atoms with Gasteiger partial charge in [0.1, 0.15) is 0 Å². The molecule has 0 radical (unpaired) electrons. The van der Waals surface area contributed by atoms with Crippen molar-refractivity contribution >= 4 is 34.2 Å². The fraction of sp³-hybridized carbons (Fsp3) is 0.417. The first-order valence-corrected chi connectivity index (χ1v) is 6.90. The maximum absolute atomic E-state index is 12.2. The van der Waals surface area contributed by atoms with Crippen molar-refractivity contribution < 1.29 is 14.8 Å². The quantitative estimate of drug-likeness (QED) is 0.496. The molecule has 1 N–H and O–H groups in total. The molecule has 1 aliphatic heterocycles. The maximum atomic E-state index is 12.2. The minimum Gasteiger partial charge on any atom is -0.386 e. The van der Waals surface area contributed by atoms with Gasteiger partial charge in [0, 0.05) is 15.7 Å². The number of β-amino-alcohol motifs (C(OH)–C–C–N with tert-alkyl or cyclic N) is 1. The molecular formula is C12H13IN2O4. The SMILES string of the molecule is CCC1(O)CN(C(=O)c2cc([N+](=O)[O-])ccc2I)C1. The molecule has 102 valence electrons. The van der Waals surface area contributed by atoms with Gasteiger partial charge in [-0.3, -0.25) is 14.9 Å². The Morgan fingerprint density at radius 1 is 1.58 bits per heavy atom. The standard InChI is InChI=1S/C12H13IN2O4/c1-2-12(17)6-14(7-12)11(16)9-5-8(15(18)19)3-4-10(9)13/h3-5,17H,2,6-7H2,1H3. The molecule has 0 bridgehead atoms. The third-order valence-corrected chi connectivity index (χ3v) is 4.25. The van der Waals surface area contributed by atoms with Crippen molar-refractivity contribution in [3.8, 4) is 0 Å². The van der Waals surface area contributed by atoms with Gasteiger partial charge in [0.2, 0.25) is 0 Å². The van der Waals surface area contributed by atoms with Gasteiger partial charge >= 0.3 is 0 Å². The van der Waals surface area contributed by atoms with Crippen LogP contribution in [0.3, 0.4) is 0 Å². The van der Waals surface area contributed by atoms with Crippen molar-refractivity contribution in [2.24, 2.45) is 0 Å². The van der Waals surface area contributed by atoms with E-state index in [0.29, 0.717) is 15.6 Å². The highest BCUT2D eigenvalue weighted by Crippen LogP contribution is 2.28. The highest BCUT2D eigenvalue weighted by atomic mass is 127. The average molecular weight is 376 g/mol. The Kier molecular flexibility index (Phi) is 3.77. The summed E-state index contributed by atoms with van der Waals surface area (Å²) >= 11 is 1.97. The summed E-state index contributed by atoms with van der Waals surface area (Å²) in [5.74, 6) is -0.272. The van der Waals surface area contributed by atoms with E-state index in [9.17, 15) is 20.0 Å². The summed E-state index contributed by atoms with van der Waals surface area (Å²) in [6.45, 7) is 2.42. The Labute approximate surface area is 123 Å². The van der Waals surface area contributed by atoms with Crippen LogP contribution in [0.15, 0.2) is 18.2 Å². The zero-order valence-electron chi connectivity index (χ0n) is 10.3. The van der Waals surface area contributed by atoms with Gasteiger partial charge in [-0.25, -0.2) is 0 Å². The molecule has 1 amide bonds. The molecule has 1 heterocycles. The summed E-state index contributed by atoms with van der Waals surface area (Å²) in [7, 11) is 0. The average Bonchev–Trinajstić information content (AvgIpc) is 2.34. The van der Waals surface area contributed by atoms with E-state index < -0.39 is 10.5 Å². The molecule has 0 saturated carbocycles.